The maximum absolute atomic E-state index is 11.0. The van der Waals surface area contributed by atoms with Crippen molar-refractivity contribution in [2.24, 2.45) is 0 Å². The summed E-state index contributed by atoms with van der Waals surface area (Å²) in [7, 11) is -2.32. The van der Waals surface area contributed by atoms with Crippen LogP contribution in [0.3, 0.4) is 0 Å². The van der Waals surface area contributed by atoms with Crippen LogP contribution >= 0.6 is 0 Å². The van der Waals surface area contributed by atoms with Gasteiger partial charge in [-0.3, -0.25) is 4.79 Å². The Morgan fingerprint density at radius 3 is 2.21 bits per heavy atom. The van der Waals surface area contributed by atoms with Crippen LogP contribution in [0.4, 0.5) is 0 Å². The number of hydrogen-bond donors (Lipinski definition) is 2. The maximum Gasteiger partial charge on any atom is 0.321 e. The van der Waals surface area contributed by atoms with E-state index < -0.39 is 21.8 Å². The number of ether oxygens (including phenoxy) is 1. The van der Waals surface area contributed by atoms with Gasteiger partial charge in [0.1, 0.15) is 12.1 Å². The minimum Gasteiger partial charge on any atom is -0.459 e. The van der Waals surface area contributed by atoms with Crippen LogP contribution in [0.15, 0.2) is 0 Å². The first-order valence-electron chi connectivity index (χ1n) is 4.06. The highest BCUT2D eigenvalue weighted by atomic mass is 32.2. The average molecular weight is 224 g/mol. The summed E-state index contributed by atoms with van der Waals surface area (Å²) in [6.07, 6.45) is 0. The van der Waals surface area contributed by atoms with Gasteiger partial charge in [-0.15, -0.1) is 0 Å². The number of nitrogens with one attached hydrogen (secondary N) is 2. The van der Waals surface area contributed by atoms with E-state index in [0.29, 0.717) is 0 Å². The zero-order valence-electron chi connectivity index (χ0n) is 8.75. The molecule has 0 aliphatic rings. The molecule has 0 aliphatic carbocycles. The Bertz CT molecular complexity index is 291. The molecule has 14 heavy (non-hydrogen) atoms. The highest BCUT2D eigenvalue weighted by Crippen LogP contribution is 2.06. The first-order chi connectivity index (χ1) is 6.16. The zero-order chi connectivity index (χ0) is 11.4. The largest absolute Gasteiger partial charge is 0.459 e. The molecule has 0 heterocycles. The van der Waals surface area contributed by atoms with Crippen molar-refractivity contribution in [2.45, 2.75) is 26.4 Å². The smallest absolute Gasteiger partial charge is 0.321 e. The summed E-state index contributed by atoms with van der Waals surface area (Å²) in [5.41, 5.74) is -0.609. The molecule has 0 amide bonds. The third-order valence-corrected chi connectivity index (χ3v) is 2.16. The number of carbonyl (C=O) groups excluding carboxylic acids is 1. The van der Waals surface area contributed by atoms with Crippen LogP contribution in [-0.4, -0.2) is 33.6 Å². The van der Waals surface area contributed by atoms with E-state index in [-0.39, 0.29) is 6.54 Å². The third kappa shape index (κ3) is 6.81. The summed E-state index contributed by atoms with van der Waals surface area (Å²) in [4.78, 5) is 11.0. The number of esters is 1. The molecule has 0 rings (SSSR count). The fraction of sp³-hybridized carbons (Fsp3) is 0.857. The Morgan fingerprint density at radius 2 is 1.86 bits per heavy atom. The molecule has 0 spiro atoms. The minimum absolute atomic E-state index is 0.375. The van der Waals surface area contributed by atoms with Crippen molar-refractivity contribution in [3.63, 3.8) is 0 Å². The lowest BCUT2D eigenvalue weighted by atomic mass is 10.2. The highest BCUT2D eigenvalue weighted by molar-refractivity contribution is 7.87. The van der Waals surface area contributed by atoms with Gasteiger partial charge in [-0.1, -0.05) is 0 Å². The van der Waals surface area contributed by atoms with Crippen molar-refractivity contribution in [3.8, 4) is 0 Å². The van der Waals surface area contributed by atoms with Crippen LogP contribution in [0.2, 0.25) is 0 Å². The molecule has 84 valence electrons. The van der Waals surface area contributed by atoms with E-state index in [1.807, 2.05) is 9.44 Å². The normalized spacial score (nSPS) is 12.6. The van der Waals surface area contributed by atoms with Gasteiger partial charge in [-0.05, 0) is 20.8 Å². The Labute approximate surface area is 84.2 Å². The second-order valence-corrected chi connectivity index (χ2v) is 5.32. The van der Waals surface area contributed by atoms with Crippen LogP contribution in [-0.2, 0) is 19.7 Å². The van der Waals surface area contributed by atoms with Crippen LogP contribution in [0.5, 0.6) is 0 Å². The minimum atomic E-state index is -3.57. The summed E-state index contributed by atoms with van der Waals surface area (Å²) in [6.45, 7) is 4.74. The second-order valence-electron chi connectivity index (χ2n) is 3.62. The van der Waals surface area contributed by atoms with Crippen molar-refractivity contribution in [2.75, 3.05) is 13.6 Å². The quantitative estimate of drug-likeness (QED) is 0.623. The fourth-order valence-corrected chi connectivity index (χ4v) is 1.06. The van der Waals surface area contributed by atoms with Gasteiger partial charge in [0.05, 0.1) is 0 Å². The second kappa shape index (κ2) is 4.72. The van der Waals surface area contributed by atoms with E-state index in [1.54, 1.807) is 20.8 Å². The highest BCUT2D eigenvalue weighted by Gasteiger charge is 2.17. The van der Waals surface area contributed by atoms with Gasteiger partial charge < -0.3 is 4.74 Å². The Hall–Kier alpha value is -0.660. The monoisotopic (exact) mass is 224 g/mol. The average Bonchev–Trinajstić information content (AvgIpc) is 1.98. The predicted molar refractivity (Wildman–Crippen MR) is 51.8 cm³/mol. The van der Waals surface area contributed by atoms with Crippen molar-refractivity contribution in [3.05, 3.63) is 0 Å². The molecule has 7 heteroatoms. The number of rotatable bonds is 4. The van der Waals surface area contributed by atoms with Gasteiger partial charge in [0.2, 0.25) is 0 Å². The van der Waals surface area contributed by atoms with Crippen LogP contribution in [0.25, 0.3) is 0 Å². The van der Waals surface area contributed by atoms with E-state index in [9.17, 15) is 13.2 Å². The molecule has 0 aromatic rings. The van der Waals surface area contributed by atoms with Gasteiger partial charge in [0, 0.05) is 7.05 Å². The van der Waals surface area contributed by atoms with Crippen LogP contribution < -0.4 is 9.44 Å². The standard InChI is InChI=1S/C7H16N2O4S/c1-7(2,3)13-6(10)5-9-14(11,12)8-4/h8-9H,5H2,1-4H3. The molecule has 0 aliphatic heterocycles. The van der Waals surface area contributed by atoms with E-state index >= 15 is 0 Å². The molecule has 6 nitrogen and oxygen atoms in total. The molecule has 0 fully saturated rings. The van der Waals surface area contributed by atoms with E-state index in [1.165, 1.54) is 7.05 Å². The summed E-state index contributed by atoms with van der Waals surface area (Å²) >= 11 is 0. The Kier molecular flexibility index (Phi) is 4.50. The molecule has 0 radical (unpaired) electrons. The molecular weight excluding hydrogens is 208 g/mol. The fourth-order valence-electron chi connectivity index (χ4n) is 0.604. The van der Waals surface area contributed by atoms with E-state index in [4.69, 9.17) is 4.74 Å². The van der Waals surface area contributed by atoms with Gasteiger partial charge in [0.15, 0.2) is 0 Å². The van der Waals surface area contributed by atoms with Gasteiger partial charge in [0.25, 0.3) is 10.2 Å². The Balaban J connectivity index is 4.00. The van der Waals surface area contributed by atoms with E-state index in [2.05, 4.69) is 0 Å². The molecule has 0 bridgehead atoms. The maximum atomic E-state index is 11.0. The molecule has 0 atom stereocenters. The van der Waals surface area contributed by atoms with Crippen molar-refractivity contribution in [1.29, 1.82) is 0 Å². The summed E-state index contributed by atoms with van der Waals surface area (Å²) in [5, 5.41) is 0. The van der Waals surface area contributed by atoms with E-state index in [0.717, 1.165) is 0 Å². The third-order valence-electron chi connectivity index (χ3n) is 1.10. The van der Waals surface area contributed by atoms with Crippen LogP contribution in [0, 0.1) is 0 Å². The first kappa shape index (κ1) is 13.3. The molecule has 0 unspecified atom stereocenters. The topological polar surface area (TPSA) is 84.5 Å². The lowest BCUT2D eigenvalue weighted by molar-refractivity contribution is -0.153. The molecule has 0 aromatic carbocycles. The summed E-state index contributed by atoms with van der Waals surface area (Å²) in [5.74, 6) is -0.615. The lowest BCUT2D eigenvalue weighted by Gasteiger charge is -2.19. The lowest BCUT2D eigenvalue weighted by Crippen LogP contribution is -2.39. The van der Waals surface area contributed by atoms with Gasteiger partial charge >= 0.3 is 5.97 Å². The Morgan fingerprint density at radius 1 is 1.36 bits per heavy atom. The molecule has 0 saturated heterocycles. The molecular formula is C7H16N2O4S. The van der Waals surface area contributed by atoms with Gasteiger partial charge in [-0.25, -0.2) is 4.72 Å². The SMILES string of the molecule is CNS(=O)(=O)NCC(=O)OC(C)(C)C. The number of carbonyl (C=O) groups is 1. The molecule has 0 saturated carbocycles. The van der Waals surface area contributed by atoms with Gasteiger partial charge in [-0.2, -0.15) is 13.1 Å². The van der Waals surface area contributed by atoms with Crippen molar-refractivity contribution >= 4 is 16.2 Å². The zero-order valence-corrected chi connectivity index (χ0v) is 9.56. The van der Waals surface area contributed by atoms with Crippen molar-refractivity contribution in [1.82, 2.24) is 9.44 Å². The molecule has 2 N–H and O–H groups in total. The van der Waals surface area contributed by atoms with Crippen molar-refractivity contribution < 1.29 is 17.9 Å². The summed E-state index contributed by atoms with van der Waals surface area (Å²) in [6, 6.07) is 0. The first-order valence-corrected chi connectivity index (χ1v) is 5.54. The predicted octanol–water partition coefficient (Wildman–Crippen LogP) is -0.618. The molecule has 0 aromatic heterocycles. The number of hydrogen-bond acceptors (Lipinski definition) is 4. The summed E-state index contributed by atoms with van der Waals surface area (Å²) < 4.78 is 30.6. The van der Waals surface area contributed by atoms with Crippen LogP contribution in [0.1, 0.15) is 20.8 Å².